The standard InChI is InChI=1S/C8H5N7O/c1-2-5(4-9-3-1)6-10-8(16-13-6)7-11-14-15-12-7/h1-4H,(H,11,12,14,15). The zero-order chi connectivity index (χ0) is 10.8. The van der Waals surface area contributed by atoms with Gasteiger partial charge in [0.05, 0.1) is 0 Å². The molecule has 0 unspecified atom stereocenters. The van der Waals surface area contributed by atoms with Crippen molar-refractivity contribution < 1.29 is 4.52 Å². The van der Waals surface area contributed by atoms with Gasteiger partial charge in [0.25, 0.3) is 11.7 Å². The second kappa shape index (κ2) is 3.50. The lowest BCUT2D eigenvalue weighted by Gasteiger charge is -1.89. The smallest absolute Gasteiger partial charge is 0.299 e. The molecule has 0 spiro atoms. The SMILES string of the molecule is c1cncc(-c2noc(-c3nn[nH]n3)n2)c1. The summed E-state index contributed by atoms with van der Waals surface area (Å²) < 4.78 is 4.99. The molecular formula is C8H5N7O. The van der Waals surface area contributed by atoms with E-state index in [1.54, 1.807) is 18.5 Å². The fourth-order valence-corrected chi connectivity index (χ4v) is 1.18. The Hall–Kier alpha value is -2.64. The molecule has 0 aromatic carbocycles. The second-order valence-corrected chi connectivity index (χ2v) is 2.90. The Morgan fingerprint density at radius 1 is 1.25 bits per heavy atom. The maximum atomic E-state index is 4.99. The van der Waals surface area contributed by atoms with Crippen molar-refractivity contribution in [2.24, 2.45) is 0 Å². The fourth-order valence-electron chi connectivity index (χ4n) is 1.18. The molecule has 1 N–H and O–H groups in total. The highest BCUT2D eigenvalue weighted by Crippen LogP contribution is 2.17. The van der Waals surface area contributed by atoms with Gasteiger partial charge in [-0.25, -0.2) is 0 Å². The lowest BCUT2D eigenvalue weighted by atomic mass is 10.3. The third-order valence-electron chi connectivity index (χ3n) is 1.88. The van der Waals surface area contributed by atoms with Crippen LogP contribution in [0.15, 0.2) is 29.0 Å². The number of H-pyrrole nitrogens is 1. The van der Waals surface area contributed by atoms with Crippen LogP contribution in [-0.2, 0) is 0 Å². The van der Waals surface area contributed by atoms with Crippen LogP contribution in [0.4, 0.5) is 0 Å². The normalized spacial score (nSPS) is 10.5. The van der Waals surface area contributed by atoms with E-state index in [1.165, 1.54) is 0 Å². The lowest BCUT2D eigenvalue weighted by molar-refractivity contribution is 0.429. The Morgan fingerprint density at radius 2 is 2.25 bits per heavy atom. The number of pyridine rings is 1. The Morgan fingerprint density at radius 3 is 3.00 bits per heavy atom. The molecular weight excluding hydrogens is 210 g/mol. The molecule has 8 heteroatoms. The molecule has 78 valence electrons. The van der Waals surface area contributed by atoms with E-state index in [4.69, 9.17) is 4.52 Å². The van der Waals surface area contributed by atoms with E-state index in [0.717, 1.165) is 5.56 Å². The maximum absolute atomic E-state index is 4.99. The summed E-state index contributed by atoms with van der Waals surface area (Å²) in [6.45, 7) is 0. The minimum absolute atomic E-state index is 0.215. The van der Waals surface area contributed by atoms with Gasteiger partial charge in [-0.2, -0.15) is 10.2 Å². The molecule has 16 heavy (non-hydrogen) atoms. The van der Waals surface area contributed by atoms with Crippen molar-refractivity contribution in [2.45, 2.75) is 0 Å². The van der Waals surface area contributed by atoms with Crippen LogP contribution < -0.4 is 0 Å². The van der Waals surface area contributed by atoms with Gasteiger partial charge >= 0.3 is 0 Å². The van der Waals surface area contributed by atoms with Gasteiger partial charge in [0.15, 0.2) is 0 Å². The molecule has 8 nitrogen and oxygen atoms in total. The Bertz CT molecular complexity index is 573. The van der Waals surface area contributed by atoms with Gasteiger partial charge in [-0.1, -0.05) is 5.16 Å². The van der Waals surface area contributed by atoms with Gasteiger partial charge in [0.1, 0.15) is 0 Å². The number of aromatic amines is 1. The monoisotopic (exact) mass is 215 g/mol. The summed E-state index contributed by atoms with van der Waals surface area (Å²) >= 11 is 0. The molecule has 0 saturated heterocycles. The number of nitrogens with zero attached hydrogens (tertiary/aromatic N) is 6. The van der Waals surface area contributed by atoms with Crippen molar-refractivity contribution in [3.63, 3.8) is 0 Å². The number of rotatable bonds is 2. The Kier molecular flexibility index (Phi) is 1.89. The maximum Gasteiger partial charge on any atom is 0.299 e. The van der Waals surface area contributed by atoms with E-state index in [9.17, 15) is 0 Å². The Balaban J connectivity index is 2.00. The summed E-state index contributed by atoms with van der Waals surface area (Å²) in [7, 11) is 0. The van der Waals surface area contributed by atoms with E-state index in [-0.39, 0.29) is 11.7 Å². The largest absolute Gasteiger partial charge is 0.330 e. The minimum atomic E-state index is 0.215. The van der Waals surface area contributed by atoms with Crippen molar-refractivity contribution >= 4 is 0 Å². The van der Waals surface area contributed by atoms with Crippen molar-refractivity contribution in [2.75, 3.05) is 0 Å². The molecule has 0 aliphatic carbocycles. The van der Waals surface area contributed by atoms with E-state index in [1.807, 2.05) is 6.07 Å². The first kappa shape index (κ1) is 8.65. The van der Waals surface area contributed by atoms with E-state index in [2.05, 4.69) is 35.7 Å². The number of hydrogen-bond acceptors (Lipinski definition) is 7. The number of aromatic nitrogens is 7. The zero-order valence-corrected chi connectivity index (χ0v) is 7.90. The molecule has 0 saturated carbocycles. The lowest BCUT2D eigenvalue weighted by Crippen LogP contribution is -1.83. The van der Waals surface area contributed by atoms with Gasteiger partial charge in [-0.15, -0.1) is 10.2 Å². The van der Waals surface area contributed by atoms with Crippen LogP contribution in [0.5, 0.6) is 0 Å². The first-order valence-corrected chi connectivity index (χ1v) is 4.41. The van der Waals surface area contributed by atoms with E-state index >= 15 is 0 Å². The first-order valence-electron chi connectivity index (χ1n) is 4.41. The van der Waals surface area contributed by atoms with Gasteiger partial charge < -0.3 is 4.52 Å². The average Bonchev–Trinajstić information content (AvgIpc) is 3.01. The molecule has 3 rings (SSSR count). The quantitative estimate of drug-likeness (QED) is 0.655. The van der Waals surface area contributed by atoms with Crippen LogP contribution >= 0.6 is 0 Å². The van der Waals surface area contributed by atoms with Crippen LogP contribution in [0.25, 0.3) is 23.1 Å². The molecule has 0 aliphatic rings. The van der Waals surface area contributed by atoms with Crippen molar-refractivity contribution in [3.05, 3.63) is 24.5 Å². The molecule has 3 aromatic heterocycles. The van der Waals surface area contributed by atoms with Crippen LogP contribution in [0.1, 0.15) is 0 Å². The summed E-state index contributed by atoms with van der Waals surface area (Å²) in [5, 5.41) is 17.0. The van der Waals surface area contributed by atoms with Gasteiger partial charge in [0, 0.05) is 18.0 Å². The molecule has 0 aliphatic heterocycles. The predicted molar refractivity (Wildman–Crippen MR) is 50.7 cm³/mol. The molecule has 0 fully saturated rings. The molecule has 3 aromatic rings. The molecule has 0 amide bonds. The van der Waals surface area contributed by atoms with Crippen molar-refractivity contribution in [1.29, 1.82) is 0 Å². The van der Waals surface area contributed by atoms with Crippen LogP contribution in [0, 0.1) is 0 Å². The number of nitrogens with one attached hydrogen (secondary N) is 1. The molecule has 0 radical (unpaired) electrons. The zero-order valence-electron chi connectivity index (χ0n) is 7.90. The summed E-state index contributed by atoms with van der Waals surface area (Å²) in [6, 6.07) is 3.62. The fraction of sp³-hybridized carbons (Fsp3) is 0. The Labute approximate surface area is 88.7 Å². The molecule has 3 heterocycles. The predicted octanol–water partition coefficient (Wildman–Crippen LogP) is 0.312. The van der Waals surface area contributed by atoms with Crippen LogP contribution in [0.3, 0.4) is 0 Å². The third kappa shape index (κ3) is 1.41. The summed E-state index contributed by atoms with van der Waals surface area (Å²) in [5.74, 6) is 0.920. The summed E-state index contributed by atoms with van der Waals surface area (Å²) in [6.07, 6.45) is 3.31. The van der Waals surface area contributed by atoms with Gasteiger partial charge in [-0.05, 0) is 17.3 Å². The highest BCUT2D eigenvalue weighted by atomic mass is 16.5. The first-order chi connectivity index (χ1) is 7.93. The number of tetrazole rings is 1. The van der Waals surface area contributed by atoms with Gasteiger partial charge in [-0.3, -0.25) is 4.98 Å². The van der Waals surface area contributed by atoms with Crippen LogP contribution in [-0.4, -0.2) is 35.7 Å². The number of hydrogen-bond donors (Lipinski definition) is 1. The van der Waals surface area contributed by atoms with E-state index in [0.29, 0.717) is 5.82 Å². The average molecular weight is 215 g/mol. The highest BCUT2D eigenvalue weighted by Gasteiger charge is 2.13. The second-order valence-electron chi connectivity index (χ2n) is 2.90. The topological polar surface area (TPSA) is 106 Å². The van der Waals surface area contributed by atoms with Crippen molar-refractivity contribution in [3.8, 4) is 23.1 Å². The molecule has 0 bridgehead atoms. The minimum Gasteiger partial charge on any atom is -0.330 e. The summed E-state index contributed by atoms with van der Waals surface area (Å²) in [4.78, 5) is 8.08. The molecule has 0 atom stereocenters. The van der Waals surface area contributed by atoms with Crippen molar-refractivity contribution in [1.82, 2.24) is 35.7 Å². The van der Waals surface area contributed by atoms with Crippen LogP contribution in [0.2, 0.25) is 0 Å². The van der Waals surface area contributed by atoms with Gasteiger partial charge in [0.2, 0.25) is 5.82 Å². The third-order valence-corrected chi connectivity index (χ3v) is 1.88. The van der Waals surface area contributed by atoms with E-state index < -0.39 is 0 Å². The summed E-state index contributed by atoms with van der Waals surface area (Å²) in [5.41, 5.74) is 0.765. The highest BCUT2D eigenvalue weighted by molar-refractivity contribution is 5.54.